The van der Waals surface area contributed by atoms with E-state index in [2.05, 4.69) is 10.00 Å². The van der Waals surface area contributed by atoms with Crippen molar-refractivity contribution in [1.82, 2.24) is 14.7 Å². The summed E-state index contributed by atoms with van der Waals surface area (Å²) in [5.41, 5.74) is 2.48. The summed E-state index contributed by atoms with van der Waals surface area (Å²) in [5.74, 6) is 0.619. The third-order valence-corrected chi connectivity index (χ3v) is 5.78. The van der Waals surface area contributed by atoms with Gasteiger partial charge in [0.25, 0.3) is 5.56 Å². The maximum absolute atomic E-state index is 12.2. The van der Waals surface area contributed by atoms with Crippen molar-refractivity contribution in [3.05, 3.63) is 27.7 Å². The van der Waals surface area contributed by atoms with Gasteiger partial charge in [0.15, 0.2) is 0 Å². The molecule has 4 nitrogen and oxygen atoms in total. The van der Waals surface area contributed by atoms with E-state index < -0.39 is 0 Å². The first-order valence-electron chi connectivity index (χ1n) is 9.13. The normalized spacial score (nSPS) is 24.0. The fourth-order valence-electron chi connectivity index (χ4n) is 4.45. The Morgan fingerprint density at radius 2 is 1.82 bits per heavy atom. The number of nitrogens with zero attached hydrogens (tertiary/aromatic N) is 3. The van der Waals surface area contributed by atoms with Crippen LogP contribution in [0.4, 0.5) is 0 Å². The van der Waals surface area contributed by atoms with E-state index in [-0.39, 0.29) is 5.56 Å². The number of hydrogen-bond acceptors (Lipinski definition) is 3. The summed E-state index contributed by atoms with van der Waals surface area (Å²) in [5, 5.41) is 4.66. The fraction of sp³-hybridized carbons (Fsp3) is 0.778. The van der Waals surface area contributed by atoms with Crippen LogP contribution in [0, 0.1) is 5.92 Å². The van der Waals surface area contributed by atoms with E-state index in [0.717, 1.165) is 38.5 Å². The molecular weight excluding hydrogens is 274 g/mol. The number of likely N-dealkylation sites (tertiary alicyclic amines) is 1. The monoisotopic (exact) mass is 301 g/mol. The molecule has 1 aromatic heterocycles. The lowest BCUT2D eigenvalue weighted by Crippen LogP contribution is -2.54. The largest absolute Gasteiger partial charge is 0.300 e. The Balaban J connectivity index is 1.37. The van der Waals surface area contributed by atoms with Gasteiger partial charge in [-0.1, -0.05) is 19.3 Å². The highest BCUT2D eigenvalue weighted by atomic mass is 16.1. The van der Waals surface area contributed by atoms with E-state index in [1.807, 2.05) is 6.07 Å². The van der Waals surface area contributed by atoms with Gasteiger partial charge in [0, 0.05) is 31.1 Å². The van der Waals surface area contributed by atoms with Crippen LogP contribution in [0.1, 0.15) is 56.2 Å². The van der Waals surface area contributed by atoms with Crippen molar-refractivity contribution >= 4 is 0 Å². The average molecular weight is 301 g/mol. The summed E-state index contributed by atoms with van der Waals surface area (Å²) in [4.78, 5) is 14.9. The van der Waals surface area contributed by atoms with Crippen LogP contribution in [0.3, 0.4) is 0 Å². The molecule has 0 N–H and O–H groups in total. The Morgan fingerprint density at radius 1 is 1.05 bits per heavy atom. The maximum Gasteiger partial charge on any atom is 0.267 e. The van der Waals surface area contributed by atoms with Crippen molar-refractivity contribution in [2.45, 2.75) is 70.4 Å². The van der Waals surface area contributed by atoms with Crippen molar-refractivity contribution < 1.29 is 0 Å². The van der Waals surface area contributed by atoms with Crippen molar-refractivity contribution in [1.29, 1.82) is 0 Å². The van der Waals surface area contributed by atoms with E-state index >= 15 is 0 Å². The summed E-state index contributed by atoms with van der Waals surface area (Å²) in [6, 6.07) is 2.66. The molecule has 4 heteroatoms. The summed E-state index contributed by atoms with van der Waals surface area (Å²) >= 11 is 0. The highest BCUT2D eigenvalue weighted by Gasteiger charge is 2.33. The third kappa shape index (κ3) is 2.85. The molecule has 0 spiro atoms. The Kier molecular flexibility index (Phi) is 4.03. The smallest absolute Gasteiger partial charge is 0.267 e. The summed E-state index contributed by atoms with van der Waals surface area (Å²) in [6.07, 6.45) is 11.5. The zero-order valence-corrected chi connectivity index (χ0v) is 13.5. The number of aromatic nitrogens is 2. The SMILES string of the molecule is O=c1cc2c(nn1CC1CN(C3CCCCC3)C1)CCCC2. The van der Waals surface area contributed by atoms with Gasteiger partial charge in [0.2, 0.25) is 0 Å². The molecule has 4 rings (SSSR count). The molecule has 0 bridgehead atoms. The van der Waals surface area contributed by atoms with Crippen LogP contribution >= 0.6 is 0 Å². The Labute approximate surface area is 132 Å². The molecule has 1 saturated heterocycles. The molecule has 3 aliphatic rings. The minimum Gasteiger partial charge on any atom is -0.300 e. The quantitative estimate of drug-likeness (QED) is 0.860. The van der Waals surface area contributed by atoms with E-state index in [0.29, 0.717) is 5.92 Å². The van der Waals surface area contributed by atoms with Crippen LogP contribution in [0.5, 0.6) is 0 Å². The number of rotatable bonds is 3. The van der Waals surface area contributed by atoms with Crippen LogP contribution in [0.25, 0.3) is 0 Å². The van der Waals surface area contributed by atoms with Gasteiger partial charge in [-0.05, 0) is 44.1 Å². The molecule has 120 valence electrons. The van der Waals surface area contributed by atoms with Crippen LogP contribution < -0.4 is 5.56 Å². The lowest BCUT2D eigenvalue weighted by molar-refractivity contribution is 0.0249. The standard InChI is InChI=1S/C18H27N3O/c22-18-10-15-6-4-5-9-17(15)19-21(18)13-14-11-20(12-14)16-7-2-1-3-8-16/h10,14,16H,1-9,11-13H2. The van der Waals surface area contributed by atoms with Gasteiger partial charge in [-0.2, -0.15) is 5.10 Å². The molecule has 2 fully saturated rings. The minimum absolute atomic E-state index is 0.108. The van der Waals surface area contributed by atoms with E-state index in [4.69, 9.17) is 0 Å². The first kappa shape index (κ1) is 14.4. The minimum atomic E-state index is 0.108. The van der Waals surface area contributed by atoms with Gasteiger partial charge in [-0.25, -0.2) is 4.68 Å². The summed E-state index contributed by atoms with van der Waals surface area (Å²) in [6.45, 7) is 3.14. The molecule has 0 amide bonds. The molecule has 0 radical (unpaired) electrons. The van der Waals surface area contributed by atoms with Crippen molar-refractivity contribution in [2.75, 3.05) is 13.1 Å². The van der Waals surface area contributed by atoms with Crippen LogP contribution in [-0.4, -0.2) is 33.8 Å². The third-order valence-electron chi connectivity index (χ3n) is 5.78. The van der Waals surface area contributed by atoms with Crippen molar-refractivity contribution in [2.24, 2.45) is 5.92 Å². The van der Waals surface area contributed by atoms with E-state index in [9.17, 15) is 4.79 Å². The first-order chi connectivity index (χ1) is 10.8. The lowest BCUT2D eigenvalue weighted by Gasteiger charge is -2.45. The Bertz CT molecular complexity index is 582. The molecule has 2 aliphatic carbocycles. The molecule has 1 aromatic rings. The predicted octanol–water partition coefficient (Wildman–Crippen LogP) is 2.39. The van der Waals surface area contributed by atoms with E-state index in [1.54, 1.807) is 4.68 Å². The zero-order chi connectivity index (χ0) is 14.9. The second-order valence-corrected chi connectivity index (χ2v) is 7.46. The highest BCUT2D eigenvalue weighted by Crippen LogP contribution is 2.29. The molecular formula is C18H27N3O. The van der Waals surface area contributed by atoms with Crippen LogP contribution in [0.15, 0.2) is 10.9 Å². The zero-order valence-electron chi connectivity index (χ0n) is 13.5. The van der Waals surface area contributed by atoms with Gasteiger partial charge < -0.3 is 0 Å². The lowest BCUT2D eigenvalue weighted by atomic mass is 9.89. The van der Waals surface area contributed by atoms with Gasteiger partial charge >= 0.3 is 0 Å². The molecule has 0 atom stereocenters. The van der Waals surface area contributed by atoms with E-state index in [1.165, 1.54) is 56.2 Å². The molecule has 0 unspecified atom stereocenters. The van der Waals surface area contributed by atoms with Crippen molar-refractivity contribution in [3.63, 3.8) is 0 Å². The van der Waals surface area contributed by atoms with Gasteiger partial charge in [0.1, 0.15) is 0 Å². The average Bonchev–Trinajstić information content (AvgIpc) is 2.51. The van der Waals surface area contributed by atoms with Crippen LogP contribution in [0.2, 0.25) is 0 Å². The van der Waals surface area contributed by atoms with Crippen molar-refractivity contribution in [3.8, 4) is 0 Å². The van der Waals surface area contributed by atoms with Gasteiger partial charge in [0.05, 0.1) is 12.2 Å². The molecule has 1 saturated carbocycles. The van der Waals surface area contributed by atoms with Gasteiger partial charge in [-0.15, -0.1) is 0 Å². The topological polar surface area (TPSA) is 38.1 Å². The fourth-order valence-corrected chi connectivity index (χ4v) is 4.45. The maximum atomic E-state index is 12.2. The second-order valence-electron chi connectivity index (χ2n) is 7.46. The summed E-state index contributed by atoms with van der Waals surface area (Å²) in [7, 11) is 0. The molecule has 0 aromatic carbocycles. The van der Waals surface area contributed by atoms with Crippen LogP contribution in [-0.2, 0) is 19.4 Å². The Hall–Kier alpha value is -1.16. The Morgan fingerprint density at radius 3 is 2.64 bits per heavy atom. The summed E-state index contributed by atoms with van der Waals surface area (Å²) < 4.78 is 1.74. The van der Waals surface area contributed by atoms with Gasteiger partial charge in [-0.3, -0.25) is 9.69 Å². The molecule has 22 heavy (non-hydrogen) atoms. The highest BCUT2D eigenvalue weighted by molar-refractivity contribution is 5.20. The number of fused-ring (bicyclic) bond motifs is 1. The predicted molar refractivity (Wildman–Crippen MR) is 87.1 cm³/mol. The molecule has 1 aliphatic heterocycles. The number of hydrogen-bond donors (Lipinski definition) is 0. The molecule has 2 heterocycles. The first-order valence-corrected chi connectivity index (χ1v) is 9.13. The number of aryl methyl sites for hydroxylation is 2. The second kappa shape index (κ2) is 6.15.